The second-order valence-electron chi connectivity index (χ2n) is 3.92. The average molecular weight is 237 g/mol. The highest BCUT2D eigenvalue weighted by Crippen LogP contribution is 2.20. The van der Waals surface area contributed by atoms with Gasteiger partial charge in [-0.05, 0) is 43.1 Å². The van der Waals surface area contributed by atoms with E-state index in [0.29, 0.717) is 0 Å². The van der Waals surface area contributed by atoms with Crippen LogP contribution in [-0.4, -0.2) is 17.7 Å². The van der Waals surface area contributed by atoms with Gasteiger partial charge in [0, 0.05) is 23.3 Å². The van der Waals surface area contributed by atoms with Gasteiger partial charge in [-0.3, -0.25) is 0 Å². The summed E-state index contributed by atoms with van der Waals surface area (Å²) in [4.78, 5) is 0. The van der Waals surface area contributed by atoms with Crippen molar-refractivity contribution >= 4 is 22.5 Å². The standard InChI is InChI=1S/C13H17ClN2/c1-2-15-7-3-8-16-9-6-11-4-5-12(14)10-13(11)16/h4-6,9-10,15H,2-3,7-8H2,1H3. The summed E-state index contributed by atoms with van der Waals surface area (Å²) in [6, 6.07) is 8.17. The molecule has 3 heteroatoms. The van der Waals surface area contributed by atoms with E-state index in [0.717, 1.165) is 31.1 Å². The Bertz CT molecular complexity index is 462. The predicted octanol–water partition coefficient (Wildman–Crippen LogP) is 3.29. The van der Waals surface area contributed by atoms with E-state index in [-0.39, 0.29) is 0 Å². The first-order chi connectivity index (χ1) is 7.81. The Balaban J connectivity index is 2.09. The third-order valence-corrected chi connectivity index (χ3v) is 2.97. The number of nitrogens with one attached hydrogen (secondary N) is 1. The zero-order valence-corrected chi connectivity index (χ0v) is 10.3. The van der Waals surface area contributed by atoms with Gasteiger partial charge in [0.25, 0.3) is 0 Å². The molecule has 0 aliphatic rings. The smallest absolute Gasteiger partial charge is 0.0495 e. The molecular formula is C13H17ClN2. The Kier molecular flexibility index (Phi) is 3.86. The largest absolute Gasteiger partial charge is 0.347 e. The molecule has 1 aromatic heterocycles. The number of fused-ring (bicyclic) bond motifs is 1. The van der Waals surface area contributed by atoms with Crippen LogP contribution >= 0.6 is 11.6 Å². The molecule has 0 radical (unpaired) electrons. The molecule has 2 nitrogen and oxygen atoms in total. The Morgan fingerprint density at radius 3 is 3.00 bits per heavy atom. The molecule has 0 aliphatic carbocycles. The van der Waals surface area contributed by atoms with Crippen LogP contribution in [0.3, 0.4) is 0 Å². The van der Waals surface area contributed by atoms with Crippen LogP contribution in [0.1, 0.15) is 13.3 Å². The Morgan fingerprint density at radius 2 is 2.19 bits per heavy atom. The fraction of sp³-hybridized carbons (Fsp3) is 0.385. The molecule has 0 unspecified atom stereocenters. The van der Waals surface area contributed by atoms with E-state index in [4.69, 9.17) is 11.6 Å². The molecule has 0 amide bonds. The van der Waals surface area contributed by atoms with Gasteiger partial charge < -0.3 is 9.88 Å². The number of halogens is 1. The van der Waals surface area contributed by atoms with Crippen molar-refractivity contribution in [2.45, 2.75) is 19.9 Å². The number of benzene rings is 1. The highest BCUT2D eigenvalue weighted by molar-refractivity contribution is 6.31. The van der Waals surface area contributed by atoms with Gasteiger partial charge in [-0.25, -0.2) is 0 Å². The van der Waals surface area contributed by atoms with Gasteiger partial charge in [0.2, 0.25) is 0 Å². The highest BCUT2D eigenvalue weighted by atomic mass is 35.5. The van der Waals surface area contributed by atoms with E-state index in [1.54, 1.807) is 0 Å². The van der Waals surface area contributed by atoms with E-state index in [9.17, 15) is 0 Å². The molecule has 2 aromatic rings. The van der Waals surface area contributed by atoms with Crippen molar-refractivity contribution in [2.24, 2.45) is 0 Å². The Labute approximate surface area is 101 Å². The van der Waals surface area contributed by atoms with Gasteiger partial charge in [-0.1, -0.05) is 24.6 Å². The first-order valence-electron chi connectivity index (χ1n) is 5.76. The lowest BCUT2D eigenvalue weighted by Crippen LogP contribution is -2.15. The monoisotopic (exact) mass is 236 g/mol. The van der Waals surface area contributed by atoms with Crippen LogP contribution in [0, 0.1) is 0 Å². The average Bonchev–Trinajstić information content (AvgIpc) is 2.67. The summed E-state index contributed by atoms with van der Waals surface area (Å²) in [5.41, 5.74) is 1.23. The first kappa shape index (κ1) is 11.5. The van der Waals surface area contributed by atoms with Gasteiger partial charge in [0.1, 0.15) is 0 Å². The van der Waals surface area contributed by atoms with Crippen LogP contribution in [0.4, 0.5) is 0 Å². The molecule has 2 rings (SSSR count). The minimum absolute atomic E-state index is 0.805. The number of hydrogen-bond acceptors (Lipinski definition) is 1. The summed E-state index contributed by atoms with van der Waals surface area (Å²) in [5.74, 6) is 0. The maximum Gasteiger partial charge on any atom is 0.0495 e. The van der Waals surface area contributed by atoms with Gasteiger partial charge in [-0.15, -0.1) is 0 Å². The molecule has 86 valence electrons. The Morgan fingerprint density at radius 1 is 1.31 bits per heavy atom. The minimum Gasteiger partial charge on any atom is -0.347 e. The van der Waals surface area contributed by atoms with E-state index in [1.807, 2.05) is 12.1 Å². The molecule has 0 bridgehead atoms. The molecular weight excluding hydrogens is 220 g/mol. The van der Waals surface area contributed by atoms with Crippen molar-refractivity contribution in [1.82, 2.24) is 9.88 Å². The molecule has 0 saturated heterocycles. The van der Waals surface area contributed by atoms with Crippen LogP contribution in [0.5, 0.6) is 0 Å². The van der Waals surface area contributed by atoms with Crippen molar-refractivity contribution in [3.05, 3.63) is 35.5 Å². The third kappa shape index (κ3) is 2.57. The molecule has 1 N–H and O–H groups in total. The van der Waals surface area contributed by atoms with Gasteiger partial charge >= 0.3 is 0 Å². The lowest BCUT2D eigenvalue weighted by molar-refractivity contribution is 0.603. The number of nitrogens with zero attached hydrogens (tertiary/aromatic N) is 1. The molecule has 1 heterocycles. The zero-order chi connectivity index (χ0) is 11.4. The van der Waals surface area contributed by atoms with E-state index >= 15 is 0 Å². The van der Waals surface area contributed by atoms with Crippen molar-refractivity contribution in [3.63, 3.8) is 0 Å². The van der Waals surface area contributed by atoms with Gasteiger partial charge in [-0.2, -0.15) is 0 Å². The van der Waals surface area contributed by atoms with Crippen molar-refractivity contribution in [3.8, 4) is 0 Å². The highest BCUT2D eigenvalue weighted by Gasteiger charge is 2.01. The summed E-state index contributed by atoms with van der Waals surface area (Å²) >= 11 is 6.01. The summed E-state index contributed by atoms with van der Waals surface area (Å²) in [5, 5.41) is 5.39. The summed E-state index contributed by atoms with van der Waals surface area (Å²) in [6.07, 6.45) is 3.27. The van der Waals surface area contributed by atoms with Crippen LogP contribution in [0.2, 0.25) is 5.02 Å². The molecule has 0 atom stereocenters. The third-order valence-electron chi connectivity index (χ3n) is 2.74. The maximum atomic E-state index is 6.01. The minimum atomic E-state index is 0.805. The topological polar surface area (TPSA) is 17.0 Å². The SMILES string of the molecule is CCNCCCn1ccc2ccc(Cl)cc21. The lowest BCUT2D eigenvalue weighted by Gasteiger charge is -2.06. The number of aromatic nitrogens is 1. The fourth-order valence-corrected chi connectivity index (χ4v) is 2.07. The van der Waals surface area contributed by atoms with Gasteiger partial charge in [0.15, 0.2) is 0 Å². The fourth-order valence-electron chi connectivity index (χ4n) is 1.90. The predicted molar refractivity (Wildman–Crippen MR) is 70.1 cm³/mol. The van der Waals surface area contributed by atoms with Crippen molar-refractivity contribution in [1.29, 1.82) is 0 Å². The summed E-state index contributed by atoms with van der Waals surface area (Å²) in [6.45, 7) is 5.27. The molecule has 16 heavy (non-hydrogen) atoms. The van der Waals surface area contributed by atoms with E-state index < -0.39 is 0 Å². The molecule has 0 saturated carbocycles. The molecule has 0 fully saturated rings. The van der Waals surface area contributed by atoms with Crippen LogP contribution in [-0.2, 0) is 6.54 Å². The number of aryl methyl sites for hydroxylation is 1. The number of rotatable bonds is 5. The number of hydrogen-bond donors (Lipinski definition) is 1. The normalized spacial score (nSPS) is 11.1. The summed E-state index contributed by atoms with van der Waals surface area (Å²) < 4.78 is 2.26. The molecule has 1 aromatic carbocycles. The van der Waals surface area contributed by atoms with Crippen molar-refractivity contribution < 1.29 is 0 Å². The molecule has 0 spiro atoms. The zero-order valence-electron chi connectivity index (χ0n) is 9.54. The van der Waals surface area contributed by atoms with Crippen LogP contribution < -0.4 is 5.32 Å². The Hall–Kier alpha value is -0.990. The lowest BCUT2D eigenvalue weighted by atomic mass is 10.2. The van der Waals surface area contributed by atoms with E-state index in [2.05, 4.69) is 35.1 Å². The van der Waals surface area contributed by atoms with Crippen molar-refractivity contribution in [2.75, 3.05) is 13.1 Å². The second kappa shape index (κ2) is 5.37. The van der Waals surface area contributed by atoms with Crippen LogP contribution in [0.25, 0.3) is 10.9 Å². The molecule has 0 aliphatic heterocycles. The van der Waals surface area contributed by atoms with Gasteiger partial charge in [0.05, 0.1) is 0 Å². The second-order valence-corrected chi connectivity index (χ2v) is 4.36. The maximum absolute atomic E-state index is 6.01. The summed E-state index contributed by atoms with van der Waals surface area (Å²) in [7, 11) is 0. The van der Waals surface area contributed by atoms with E-state index in [1.165, 1.54) is 10.9 Å². The van der Waals surface area contributed by atoms with Crippen LogP contribution in [0.15, 0.2) is 30.5 Å². The quantitative estimate of drug-likeness (QED) is 0.789. The first-order valence-corrected chi connectivity index (χ1v) is 6.14.